The lowest BCUT2D eigenvalue weighted by molar-refractivity contribution is 0.0102. The van der Waals surface area contributed by atoms with Gasteiger partial charge in [0.1, 0.15) is 10.6 Å². The number of hydrogen-bond donors (Lipinski definition) is 1. The highest BCUT2D eigenvalue weighted by molar-refractivity contribution is 7.90. The van der Waals surface area contributed by atoms with E-state index in [1.807, 2.05) is 0 Å². The van der Waals surface area contributed by atoms with Crippen LogP contribution < -0.4 is 4.72 Å². The molecule has 0 bridgehead atoms. The first-order chi connectivity index (χ1) is 10.6. The monoisotopic (exact) mass is 367 g/mol. The van der Waals surface area contributed by atoms with E-state index in [4.69, 9.17) is 9.26 Å². The lowest BCUT2D eigenvalue weighted by Crippen LogP contribution is -2.46. The molecule has 0 spiro atoms. The molecule has 1 fully saturated rings. The lowest BCUT2D eigenvalue weighted by Gasteiger charge is -2.30. The van der Waals surface area contributed by atoms with Crippen molar-refractivity contribution in [2.45, 2.75) is 31.8 Å². The van der Waals surface area contributed by atoms with Crippen LogP contribution in [0.15, 0.2) is 9.42 Å². The summed E-state index contributed by atoms with van der Waals surface area (Å²) in [5.41, 5.74) is 0.236. The second-order valence-corrected chi connectivity index (χ2v) is 9.20. The van der Waals surface area contributed by atoms with Crippen LogP contribution in [0.3, 0.4) is 0 Å². The minimum absolute atomic E-state index is 0.0464. The number of nitrogens with one attached hydrogen (secondary N) is 1. The van der Waals surface area contributed by atoms with Crippen molar-refractivity contribution < 1.29 is 26.1 Å². The third kappa shape index (κ3) is 4.29. The number of ether oxygens (including phenoxy) is 1. The van der Waals surface area contributed by atoms with E-state index in [1.54, 1.807) is 6.92 Å². The Bertz CT molecular complexity index is 736. The van der Waals surface area contributed by atoms with Crippen LogP contribution in [0.4, 0.5) is 0 Å². The average molecular weight is 367 g/mol. The molecule has 1 aliphatic heterocycles. The first-order valence-corrected chi connectivity index (χ1v) is 10.2. The Morgan fingerprint density at radius 2 is 2.00 bits per heavy atom. The Hall–Kier alpha value is -1.01. The molecule has 1 aliphatic rings. The van der Waals surface area contributed by atoms with Crippen LogP contribution in [0.5, 0.6) is 0 Å². The zero-order valence-corrected chi connectivity index (χ0v) is 14.9. The van der Waals surface area contributed by atoms with E-state index in [0.29, 0.717) is 6.61 Å². The van der Waals surface area contributed by atoms with Gasteiger partial charge in [-0.2, -0.15) is 4.31 Å². The van der Waals surface area contributed by atoms with Crippen LogP contribution in [0.1, 0.15) is 18.4 Å². The third-order valence-electron chi connectivity index (χ3n) is 3.49. The topological polar surface area (TPSA) is 119 Å². The van der Waals surface area contributed by atoms with Crippen LogP contribution in [0, 0.1) is 13.8 Å². The highest BCUT2D eigenvalue weighted by Gasteiger charge is 2.29. The molecule has 0 aliphatic carbocycles. The van der Waals surface area contributed by atoms with E-state index >= 15 is 0 Å². The minimum Gasteiger partial charge on any atom is -0.376 e. The van der Waals surface area contributed by atoms with Gasteiger partial charge < -0.3 is 9.26 Å². The Morgan fingerprint density at radius 1 is 1.30 bits per heavy atom. The van der Waals surface area contributed by atoms with Crippen molar-refractivity contribution in [1.29, 1.82) is 0 Å². The van der Waals surface area contributed by atoms with Gasteiger partial charge in [0, 0.05) is 19.6 Å². The second kappa shape index (κ2) is 6.85. The molecule has 1 saturated heterocycles. The van der Waals surface area contributed by atoms with Gasteiger partial charge in [-0.05, 0) is 20.8 Å². The molecule has 1 N–H and O–H groups in total. The van der Waals surface area contributed by atoms with Gasteiger partial charge in [0.15, 0.2) is 5.76 Å². The number of hydrogen-bond acceptors (Lipinski definition) is 7. The van der Waals surface area contributed by atoms with Crippen molar-refractivity contribution in [2.75, 3.05) is 32.0 Å². The number of nitrogens with zero attached hydrogens (tertiary/aromatic N) is 2. The Balaban J connectivity index is 1.99. The van der Waals surface area contributed by atoms with Crippen molar-refractivity contribution in [3.05, 3.63) is 11.5 Å². The molecule has 9 nitrogen and oxygen atoms in total. The third-order valence-corrected chi connectivity index (χ3v) is 7.03. The van der Waals surface area contributed by atoms with Gasteiger partial charge in [0.2, 0.25) is 20.0 Å². The Kier molecular flexibility index (Phi) is 5.46. The largest absolute Gasteiger partial charge is 0.376 e. The number of aromatic nitrogens is 1. The molecular formula is C12H21N3O6S2. The summed E-state index contributed by atoms with van der Waals surface area (Å²) in [6.45, 7) is 5.47. The van der Waals surface area contributed by atoms with Gasteiger partial charge in [-0.1, -0.05) is 5.16 Å². The lowest BCUT2D eigenvalue weighted by atomic mass is 10.3. The van der Waals surface area contributed by atoms with Gasteiger partial charge in [-0.3, -0.25) is 0 Å². The second-order valence-electron chi connectivity index (χ2n) is 5.41. The molecule has 1 unspecified atom stereocenters. The zero-order chi connectivity index (χ0) is 17.3. The number of rotatable bonds is 6. The fourth-order valence-corrected chi connectivity index (χ4v) is 5.30. The van der Waals surface area contributed by atoms with Gasteiger partial charge >= 0.3 is 0 Å². The van der Waals surface area contributed by atoms with Gasteiger partial charge in [-0.25, -0.2) is 21.6 Å². The highest BCUT2D eigenvalue weighted by Crippen LogP contribution is 2.18. The molecule has 132 valence electrons. The molecule has 11 heteroatoms. The highest BCUT2D eigenvalue weighted by atomic mass is 32.2. The fourth-order valence-electron chi connectivity index (χ4n) is 2.40. The molecule has 0 aromatic carbocycles. The number of morpholine rings is 1. The predicted molar refractivity (Wildman–Crippen MR) is 81.9 cm³/mol. The molecule has 1 aromatic heterocycles. The molecule has 0 saturated carbocycles. The van der Waals surface area contributed by atoms with E-state index < -0.39 is 20.0 Å². The van der Waals surface area contributed by atoms with Gasteiger partial charge in [-0.15, -0.1) is 0 Å². The van der Waals surface area contributed by atoms with Gasteiger partial charge in [0.25, 0.3) is 0 Å². The Labute approximate surface area is 136 Å². The summed E-state index contributed by atoms with van der Waals surface area (Å²) in [5, 5.41) is 3.59. The number of aryl methyl sites for hydroxylation is 2. The molecule has 2 heterocycles. The zero-order valence-electron chi connectivity index (χ0n) is 13.3. The predicted octanol–water partition coefficient (Wildman–Crippen LogP) is -0.380. The molecule has 0 amide bonds. The quantitative estimate of drug-likeness (QED) is 0.728. The SMILES string of the molecule is Cc1noc(C)c1S(=O)(=O)NCCS(=O)(=O)N1CCOC(C)C1. The van der Waals surface area contributed by atoms with Crippen LogP contribution in [0.2, 0.25) is 0 Å². The van der Waals surface area contributed by atoms with Crippen molar-refractivity contribution in [3.8, 4) is 0 Å². The van der Waals surface area contributed by atoms with Crippen molar-refractivity contribution >= 4 is 20.0 Å². The summed E-state index contributed by atoms with van der Waals surface area (Å²) in [5.74, 6) is -0.151. The van der Waals surface area contributed by atoms with Gasteiger partial charge in [0.05, 0.1) is 18.5 Å². The summed E-state index contributed by atoms with van der Waals surface area (Å²) in [6, 6.07) is 0. The molecular weight excluding hydrogens is 346 g/mol. The normalized spacial score (nSPS) is 20.7. The molecule has 2 rings (SSSR count). The standard InChI is InChI=1S/C12H21N3O6S2/c1-9-8-15(5-6-20-9)22(16,17)7-4-13-23(18,19)12-10(2)14-21-11(12)3/h9,13H,4-8H2,1-3H3. The summed E-state index contributed by atoms with van der Waals surface area (Å²) in [4.78, 5) is -0.0464. The maximum atomic E-state index is 12.2. The van der Waals surface area contributed by atoms with E-state index in [1.165, 1.54) is 18.2 Å². The van der Waals surface area contributed by atoms with Crippen LogP contribution in [-0.2, 0) is 24.8 Å². The molecule has 23 heavy (non-hydrogen) atoms. The summed E-state index contributed by atoms with van der Waals surface area (Å²) in [7, 11) is -7.40. The maximum Gasteiger partial charge on any atom is 0.245 e. The van der Waals surface area contributed by atoms with E-state index in [0.717, 1.165) is 0 Å². The summed E-state index contributed by atoms with van der Waals surface area (Å²) in [6.07, 6.45) is -0.169. The minimum atomic E-state index is -3.86. The fraction of sp³-hybridized carbons (Fsp3) is 0.750. The first-order valence-electron chi connectivity index (χ1n) is 7.15. The Morgan fingerprint density at radius 3 is 2.57 bits per heavy atom. The van der Waals surface area contributed by atoms with Crippen molar-refractivity contribution in [1.82, 2.24) is 14.2 Å². The molecule has 0 radical (unpaired) electrons. The smallest absolute Gasteiger partial charge is 0.245 e. The molecule has 1 aromatic rings. The van der Waals surface area contributed by atoms with Crippen LogP contribution in [0.25, 0.3) is 0 Å². The van der Waals surface area contributed by atoms with Crippen LogP contribution in [-0.4, -0.2) is 64.4 Å². The van der Waals surface area contributed by atoms with E-state index in [2.05, 4.69) is 9.88 Å². The van der Waals surface area contributed by atoms with E-state index in [-0.39, 0.29) is 47.8 Å². The summed E-state index contributed by atoms with van der Waals surface area (Å²) >= 11 is 0. The van der Waals surface area contributed by atoms with Crippen LogP contribution >= 0.6 is 0 Å². The first kappa shape index (κ1) is 18.3. The maximum absolute atomic E-state index is 12.2. The van der Waals surface area contributed by atoms with Crippen molar-refractivity contribution in [3.63, 3.8) is 0 Å². The van der Waals surface area contributed by atoms with E-state index in [9.17, 15) is 16.8 Å². The van der Waals surface area contributed by atoms with Crippen molar-refractivity contribution in [2.24, 2.45) is 0 Å². The molecule has 1 atom stereocenters. The average Bonchev–Trinajstić information content (AvgIpc) is 2.78. The number of sulfonamides is 2. The summed E-state index contributed by atoms with van der Waals surface area (Å²) < 4.78 is 62.6.